The predicted molar refractivity (Wildman–Crippen MR) is 56.0 cm³/mol. The number of nitrogens with one attached hydrogen (secondary N) is 1. The molecule has 82 valence electrons. The molecule has 0 aliphatic rings. The first-order valence-corrected chi connectivity index (χ1v) is 4.69. The lowest BCUT2D eigenvalue weighted by Gasteiger charge is -2.14. The van der Waals surface area contributed by atoms with Crippen molar-refractivity contribution in [3.05, 3.63) is 48.1 Å². The van der Waals surface area contributed by atoms with Gasteiger partial charge in [-0.05, 0) is 25.0 Å². The van der Waals surface area contributed by atoms with Crippen LogP contribution in [0.3, 0.4) is 0 Å². The van der Waals surface area contributed by atoms with Gasteiger partial charge >= 0.3 is 0 Å². The second-order valence-corrected chi connectivity index (χ2v) is 3.29. The molecule has 0 fully saturated rings. The van der Waals surface area contributed by atoms with E-state index in [1.807, 2.05) is 0 Å². The number of benzene rings is 1. The molecule has 0 aromatic heterocycles. The summed E-state index contributed by atoms with van der Waals surface area (Å²) < 4.78 is 26.5. The minimum absolute atomic E-state index is 0.0577. The average Bonchev–Trinajstić information content (AvgIpc) is 2.22. The molecule has 15 heavy (non-hydrogen) atoms. The highest BCUT2D eigenvalue weighted by atomic mass is 19.1. The van der Waals surface area contributed by atoms with Crippen LogP contribution in [-0.2, 0) is 6.42 Å². The van der Waals surface area contributed by atoms with Gasteiger partial charge in [-0.2, -0.15) is 0 Å². The fraction of sp³-hybridized carbons (Fsp3) is 0.273. The smallest absolute Gasteiger partial charge is 0.129 e. The second-order valence-electron chi connectivity index (χ2n) is 3.29. The van der Waals surface area contributed by atoms with Gasteiger partial charge in [-0.25, -0.2) is 8.78 Å². The van der Waals surface area contributed by atoms with Crippen LogP contribution < -0.4 is 11.3 Å². The largest absolute Gasteiger partial charge is 0.271 e. The Bertz CT molecular complexity index is 319. The normalized spacial score (nSPS) is 12.5. The fourth-order valence-corrected chi connectivity index (χ4v) is 1.39. The number of hydrogen-bond donors (Lipinski definition) is 2. The number of halogens is 2. The van der Waals surface area contributed by atoms with Crippen LogP contribution in [0.5, 0.6) is 0 Å². The lowest BCUT2D eigenvalue weighted by molar-refractivity contribution is 0.489. The zero-order valence-corrected chi connectivity index (χ0v) is 8.34. The lowest BCUT2D eigenvalue weighted by Crippen LogP contribution is -2.36. The molecule has 0 saturated carbocycles. The fourth-order valence-electron chi connectivity index (χ4n) is 1.39. The van der Waals surface area contributed by atoms with Gasteiger partial charge in [-0.3, -0.25) is 11.3 Å². The first kappa shape index (κ1) is 11.8. The molecular formula is C11H14F2N2. The Morgan fingerprint density at radius 2 is 2.00 bits per heavy atom. The summed E-state index contributed by atoms with van der Waals surface area (Å²) in [6, 6.07) is 3.61. The van der Waals surface area contributed by atoms with E-state index in [1.165, 1.54) is 18.2 Å². The Kier molecular flexibility index (Phi) is 4.39. The number of hydrogen-bond acceptors (Lipinski definition) is 2. The Hall–Kier alpha value is -1.26. The van der Waals surface area contributed by atoms with Crippen LogP contribution >= 0.6 is 0 Å². The van der Waals surface area contributed by atoms with Crippen LogP contribution in [0, 0.1) is 11.6 Å². The molecule has 0 spiro atoms. The van der Waals surface area contributed by atoms with Crippen molar-refractivity contribution >= 4 is 0 Å². The Labute approximate surface area is 87.8 Å². The minimum Gasteiger partial charge on any atom is -0.271 e. The molecule has 0 saturated heterocycles. The van der Waals surface area contributed by atoms with E-state index < -0.39 is 11.6 Å². The van der Waals surface area contributed by atoms with Crippen LogP contribution in [-0.4, -0.2) is 6.04 Å². The van der Waals surface area contributed by atoms with Crippen molar-refractivity contribution in [3.8, 4) is 0 Å². The quantitative estimate of drug-likeness (QED) is 0.444. The van der Waals surface area contributed by atoms with Crippen LogP contribution in [0.15, 0.2) is 30.9 Å². The summed E-state index contributed by atoms with van der Waals surface area (Å²) in [5.74, 6) is 4.18. The van der Waals surface area contributed by atoms with Gasteiger partial charge in [0.15, 0.2) is 0 Å². The van der Waals surface area contributed by atoms with E-state index >= 15 is 0 Å². The van der Waals surface area contributed by atoms with Crippen LogP contribution in [0.1, 0.15) is 12.0 Å². The van der Waals surface area contributed by atoms with Crippen molar-refractivity contribution in [1.82, 2.24) is 5.43 Å². The Balaban J connectivity index is 2.82. The van der Waals surface area contributed by atoms with E-state index in [0.29, 0.717) is 6.42 Å². The molecule has 0 amide bonds. The van der Waals surface area contributed by atoms with E-state index in [2.05, 4.69) is 12.0 Å². The molecule has 0 aliphatic heterocycles. The maximum atomic E-state index is 13.3. The Morgan fingerprint density at radius 3 is 2.47 bits per heavy atom. The third-order valence-electron chi connectivity index (χ3n) is 2.20. The van der Waals surface area contributed by atoms with Gasteiger partial charge < -0.3 is 0 Å². The summed E-state index contributed by atoms with van der Waals surface area (Å²) in [6.45, 7) is 3.55. The highest BCUT2D eigenvalue weighted by Gasteiger charge is 2.13. The predicted octanol–water partition coefficient (Wildman–Crippen LogP) is 1.92. The number of nitrogens with two attached hydrogens (primary N) is 1. The molecule has 0 radical (unpaired) electrons. The SMILES string of the molecule is C=CCC(Cc1c(F)cccc1F)NN. The second kappa shape index (κ2) is 5.58. The van der Waals surface area contributed by atoms with Crippen molar-refractivity contribution in [2.24, 2.45) is 5.84 Å². The molecule has 0 bridgehead atoms. The summed E-state index contributed by atoms with van der Waals surface area (Å²) in [7, 11) is 0. The van der Waals surface area contributed by atoms with Crippen molar-refractivity contribution in [2.75, 3.05) is 0 Å². The standard InChI is InChI=1S/C11H14F2N2/c1-2-4-8(15-14)7-9-10(12)5-3-6-11(9)13/h2-3,5-6,8,15H,1,4,7,14H2. The van der Waals surface area contributed by atoms with E-state index in [1.54, 1.807) is 6.08 Å². The van der Waals surface area contributed by atoms with Gasteiger partial charge in [0, 0.05) is 11.6 Å². The first-order valence-electron chi connectivity index (χ1n) is 4.69. The lowest BCUT2D eigenvalue weighted by atomic mass is 10.0. The van der Waals surface area contributed by atoms with Crippen LogP contribution in [0.2, 0.25) is 0 Å². The molecule has 0 aliphatic carbocycles. The van der Waals surface area contributed by atoms with Gasteiger partial charge in [0.1, 0.15) is 11.6 Å². The van der Waals surface area contributed by atoms with Crippen LogP contribution in [0.25, 0.3) is 0 Å². The molecule has 1 rings (SSSR count). The maximum absolute atomic E-state index is 13.3. The zero-order chi connectivity index (χ0) is 11.3. The van der Waals surface area contributed by atoms with Crippen molar-refractivity contribution in [2.45, 2.75) is 18.9 Å². The topological polar surface area (TPSA) is 38.0 Å². The summed E-state index contributed by atoms with van der Waals surface area (Å²) in [4.78, 5) is 0. The number of hydrazine groups is 1. The molecular weight excluding hydrogens is 198 g/mol. The number of rotatable bonds is 5. The highest BCUT2D eigenvalue weighted by molar-refractivity contribution is 5.20. The minimum atomic E-state index is -0.542. The summed E-state index contributed by atoms with van der Waals surface area (Å²) >= 11 is 0. The van der Waals surface area contributed by atoms with Gasteiger partial charge in [0.2, 0.25) is 0 Å². The van der Waals surface area contributed by atoms with Gasteiger partial charge in [0.05, 0.1) is 0 Å². The third kappa shape index (κ3) is 3.11. The average molecular weight is 212 g/mol. The molecule has 0 heterocycles. The monoisotopic (exact) mass is 212 g/mol. The summed E-state index contributed by atoms with van der Waals surface area (Å²) in [6.07, 6.45) is 2.43. The molecule has 1 aromatic carbocycles. The zero-order valence-electron chi connectivity index (χ0n) is 8.34. The van der Waals surface area contributed by atoms with Gasteiger partial charge in [-0.1, -0.05) is 12.1 Å². The van der Waals surface area contributed by atoms with Gasteiger partial charge in [0.25, 0.3) is 0 Å². The molecule has 4 heteroatoms. The van der Waals surface area contributed by atoms with E-state index in [9.17, 15) is 8.78 Å². The first-order chi connectivity index (χ1) is 7.19. The van der Waals surface area contributed by atoms with E-state index in [0.717, 1.165) is 0 Å². The van der Waals surface area contributed by atoms with Crippen molar-refractivity contribution in [1.29, 1.82) is 0 Å². The van der Waals surface area contributed by atoms with E-state index in [4.69, 9.17) is 5.84 Å². The van der Waals surface area contributed by atoms with Crippen molar-refractivity contribution < 1.29 is 8.78 Å². The Morgan fingerprint density at radius 1 is 1.40 bits per heavy atom. The molecule has 1 atom stereocenters. The maximum Gasteiger partial charge on any atom is 0.129 e. The molecule has 1 aromatic rings. The third-order valence-corrected chi connectivity index (χ3v) is 2.20. The molecule has 3 N–H and O–H groups in total. The van der Waals surface area contributed by atoms with E-state index in [-0.39, 0.29) is 18.0 Å². The summed E-state index contributed by atoms with van der Waals surface area (Å²) in [5.41, 5.74) is 2.56. The summed E-state index contributed by atoms with van der Waals surface area (Å²) in [5, 5.41) is 0. The van der Waals surface area contributed by atoms with Crippen molar-refractivity contribution in [3.63, 3.8) is 0 Å². The molecule has 2 nitrogen and oxygen atoms in total. The van der Waals surface area contributed by atoms with Gasteiger partial charge in [-0.15, -0.1) is 6.58 Å². The van der Waals surface area contributed by atoms with Crippen LogP contribution in [0.4, 0.5) is 8.78 Å². The highest BCUT2D eigenvalue weighted by Crippen LogP contribution is 2.15. The molecule has 1 unspecified atom stereocenters.